The van der Waals surface area contributed by atoms with Crippen molar-refractivity contribution < 1.29 is 18.7 Å². The Morgan fingerprint density at radius 2 is 1.93 bits per heavy atom. The van der Waals surface area contributed by atoms with Gasteiger partial charge in [-0.25, -0.2) is 5.32 Å². The van der Waals surface area contributed by atoms with E-state index in [1.54, 1.807) is 35.6 Å². The number of hydrogen-bond donors (Lipinski definition) is 2. The highest BCUT2D eigenvalue weighted by atomic mass is 19.3. The van der Waals surface area contributed by atoms with Crippen LogP contribution in [0.3, 0.4) is 0 Å². The molecule has 82 valence electrons. The molecule has 1 aromatic carbocycles. The van der Waals surface area contributed by atoms with Crippen LogP contribution in [0.4, 0.5) is 8.78 Å². The molecule has 0 fully saturated rings. The van der Waals surface area contributed by atoms with E-state index in [0.29, 0.717) is 5.56 Å². The largest absolute Gasteiger partial charge is 0.480 e. The van der Waals surface area contributed by atoms with E-state index in [2.05, 4.69) is 0 Å². The number of benzene rings is 1. The zero-order valence-corrected chi connectivity index (χ0v) is 7.86. The predicted octanol–water partition coefficient (Wildman–Crippen LogP) is 1.49. The first-order valence-electron chi connectivity index (χ1n) is 4.40. The molecule has 0 heterocycles. The Balaban J connectivity index is 2.63. The van der Waals surface area contributed by atoms with Crippen LogP contribution in [-0.4, -0.2) is 23.7 Å². The van der Waals surface area contributed by atoms with Crippen LogP contribution >= 0.6 is 0 Å². The summed E-state index contributed by atoms with van der Waals surface area (Å²) < 4.78 is 23.9. The zero-order valence-electron chi connectivity index (χ0n) is 7.86. The van der Waals surface area contributed by atoms with E-state index in [1.165, 1.54) is 0 Å². The summed E-state index contributed by atoms with van der Waals surface area (Å²) in [4.78, 5) is 10.6. The fourth-order valence-corrected chi connectivity index (χ4v) is 1.22. The van der Waals surface area contributed by atoms with Crippen molar-refractivity contribution in [3.63, 3.8) is 0 Å². The quantitative estimate of drug-likeness (QED) is 0.732. The topological polar surface area (TPSA) is 49.3 Å². The van der Waals surface area contributed by atoms with Crippen molar-refractivity contribution in [2.45, 2.75) is 19.0 Å². The van der Waals surface area contributed by atoms with E-state index in [9.17, 15) is 13.6 Å². The van der Waals surface area contributed by atoms with Gasteiger partial charge in [-0.05, 0) is 12.0 Å². The number of rotatable bonds is 5. The van der Waals surface area contributed by atoms with E-state index in [-0.39, 0.29) is 6.42 Å². The second-order valence-corrected chi connectivity index (χ2v) is 3.05. The molecule has 1 atom stereocenters. The molecule has 1 rings (SSSR count). The van der Waals surface area contributed by atoms with Crippen molar-refractivity contribution in [2.24, 2.45) is 0 Å². The lowest BCUT2D eigenvalue weighted by molar-refractivity contribution is -0.140. The van der Waals surface area contributed by atoms with Crippen LogP contribution in [0.1, 0.15) is 5.56 Å². The standard InChI is InChI=1S/C10H11F2NO2/c11-10(12)13-8(9(14)15)6-7-4-2-1-3-5-7/h1-5,8,10,13H,6H2,(H,14,15)/t8-/m0/s1. The molecule has 0 aliphatic heterocycles. The Hall–Kier alpha value is -1.49. The van der Waals surface area contributed by atoms with Crippen LogP contribution in [0.2, 0.25) is 0 Å². The minimum Gasteiger partial charge on any atom is -0.480 e. The van der Waals surface area contributed by atoms with Gasteiger partial charge in [0.05, 0.1) is 0 Å². The molecule has 5 heteroatoms. The Labute approximate surface area is 85.7 Å². The monoisotopic (exact) mass is 215 g/mol. The zero-order chi connectivity index (χ0) is 11.3. The number of aliphatic carboxylic acids is 1. The maximum atomic E-state index is 12.0. The predicted molar refractivity (Wildman–Crippen MR) is 50.7 cm³/mol. The van der Waals surface area contributed by atoms with E-state index in [1.807, 2.05) is 0 Å². The lowest BCUT2D eigenvalue weighted by Crippen LogP contribution is -2.41. The Morgan fingerprint density at radius 3 is 2.40 bits per heavy atom. The Morgan fingerprint density at radius 1 is 1.33 bits per heavy atom. The SMILES string of the molecule is O=C(O)[C@H](Cc1ccccc1)NC(F)F. The molecule has 0 radical (unpaired) electrons. The summed E-state index contributed by atoms with van der Waals surface area (Å²) >= 11 is 0. The minimum atomic E-state index is -2.82. The van der Waals surface area contributed by atoms with Crippen molar-refractivity contribution >= 4 is 5.97 Å². The molecule has 0 spiro atoms. The molecule has 0 saturated carbocycles. The molecule has 0 saturated heterocycles. The molecular formula is C10H11F2NO2. The van der Waals surface area contributed by atoms with Crippen molar-refractivity contribution in [3.8, 4) is 0 Å². The van der Waals surface area contributed by atoms with E-state index in [0.717, 1.165) is 0 Å². The smallest absolute Gasteiger partial charge is 0.321 e. The molecule has 0 aliphatic rings. The maximum absolute atomic E-state index is 12.0. The van der Waals surface area contributed by atoms with Gasteiger partial charge in [-0.1, -0.05) is 30.3 Å². The lowest BCUT2D eigenvalue weighted by Gasteiger charge is -2.13. The molecule has 0 aromatic heterocycles. The summed E-state index contributed by atoms with van der Waals surface area (Å²) in [6.45, 7) is -2.82. The molecule has 0 aliphatic carbocycles. The summed E-state index contributed by atoms with van der Waals surface area (Å²) in [7, 11) is 0. The fourth-order valence-electron chi connectivity index (χ4n) is 1.22. The van der Waals surface area contributed by atoms with Gasteiger partial charge < -0.3 is 5.11 Å². The molecule has 1 aromatic rings. The van der Waals surface area contributed by atoms with Gasteiger partial charge in [0.25, 0.3) is 6.55 Å². The second-order valence-electron chi connectivity index (χ2n) is 3.05. The maximum Gasteiger partial charge on any atom is 0.321 e. The van der Waals surface area contributed by atoms with Crippen LogP contribution in [-0.2, 0) is 11.2 Å². The molecule has 2 N–H and O–H groups in total. The highest BCUT2D eigenvalue weighted by molar-refractivity contribution is 5.73. The van der Waals surface area contributed by atoms with Gasteiger partial charge in [-0.15, -0.1) is 0 Å². The van der Waals surface area contributed by atoms with Gasteiger partial charge in [0.1, 0.15) is 6.04 Å². The van der Waals surface area contributed by atoms with Crippen molar-refractivity contribution in [1.82, 2.24) is 5.32 Å². The molecule has 0 unspecified atom stereocenters. The number of carboxylic acid groups (broad SMARTS) is 1. The first kappa shape index (κ1) is 11.6. The fraction of sp³-hybridized carbons (Fsp3) is 0.300. The summed E-state index contributed by atoms with van der Waals surface area (Å²) in [5, 5.41) is 10.4. The third-order valence-electron chi connectivity index (χ3n) is 1.91. The van der Waals surface area contributed by atoms with Gasteiger partial charge in [-0.3, -0.25) is 4.79 Å². The summed E-state index contributed by atoms with van der Waals surface area (Å²) in [5.41, 5.74) is 0.707. The van der Waals surface area contributed by atoms with Gasteiger partial charge in [0.2, 0.25) is 0 Å². The number of alkyl halides is 2. The third kappa shape index (κ3) is 4.03. The van der Waals surface area contributed by atoms with Crippen LogP contribution in [0.15, 0.2) is 30.3 Å². The number of carboxylic acids is 1. The number of halogens is 2. The van der Waals surface area contributed by atoms with Crippen LogP contribution < -0.4 is 5.32 Å². The number of carbonyl (C=O) groups is 1. The molecule has 0 bridgehead atoms. The highest BCUT2D eigenvalue weighted by Crippen LogP contribution is 2.04. The van der Waals surface area contributed by atoms with Gasteiger partial charge in [-0.2, -0.15) is 8.78 Å². The van der Waals surface area contributed by atoms with Crippen molar-refractivity contribution in [2.75, 3.05) is 0 Å². The van der Waals surface area contributed by atoms with Gasteiger partial charge in [0.15, 0.2) is 0 Å². The average Bonchev–Trinajstić information content (AvgIpc) is 2.17. The second kappa shape index (κ2) is 5.41. The number of hydrogen-bond acceptors (Lipinski definition) is 2. The van der Waals surface area contributed by atoms with Gasteiger partial charge in [0, 0.05) is 0 Å². The first-order valence-corrected chi connectivity index (χ1v) is 4.40. The summed E-state index contributed by atoms with van der Waals surface area (Å²) in [6.07, 6.45) is 0.0422. The molecule has 3 nitrogen and oxygen atoms in total. The lowest BCUT2D eigenvalue weighted by atomic mass is 10.1. The van der Waals surface area contributed by atoms with Crippen molar-refractivity contribution in [1.29, 1.82) is 0 Å². The normalized spacial score (nSPS) is 12.7. The summed E-state index contributed by atoms with van der Waals surface area (Å²) in [6, 6.07) is 7.38. The summed E-state index contributed by atoms with van der Waals surface area (Å²) in [5.74, 6) is -1.28. The van der Waals surface area contributed by atoms with Crippen molar-refractivity contribution in [3.05, 3.63) is 35.9 Å². The molecular weight excluding hydrogens is 204 g/mol. The van der Waals surface area contributed by atoms with Crippen LogP contribution in [0.5, 0.6) is 0 Å². The van der Waals surface area contributed by atoms with E-state index >= 15 is 0 Å². The number of nitrogens with one attached hydrogen (secondary N) is 1. The van der Waals surface area contributed by atoms with Crippen LogP contribution in [0, 0.1) is 0 Å². The minimum absolute atomic E-state index is 0.0422. The molecule has 15 heavy (non-hydrogen) atoms. The average molecular weight is 215 g/mol. The van der Waals surface area contributed by atoms with Gasteiger partial charge >= 0.3 is 5.97 Å². The first-order chi connectivity index (χ1) is 7.09. The van der Waals surface area contributed by atoms with Crippen LogP contribution in [0.25, 0.3) is 0 Å². The molecule has 0 amide bonds. The third-order valence-corrected chi connectivity index (χ3v) is 1.91. The Bertz CT molecular complexity index is 316. The van der Waals surface area contributed by atoms with E-state index in [4.69, 9.17) is 5.11 Å². The Kier molecular flexibility index (Phi) is 4.17. The highest BCUT2D eigenvalue weighted by Gasteiger charge is 2.20. The van der Waals surface area contributed by atoms with E-state index < -0.39 is 18.6 Å².